The van der Waals surface area contributed by atoms with E-state index < -0.39 is 11.4 Å². The van der Waals surface area contributed by atoms with Crippen molar-refractivity contribution in [1.82, 2.24) is 4.90 Å². The lowest BCUT2D eigenvalue weighted by atomic mass is 9.75. The molecule has 0 amide bonds. The van der Waals surface area contributed by atoms with E-state index in [2.05, 4.69) is 36.3 Å². The van der Waals surface area contributed by atoms with Crippen LogP contribution in [0.25, 0.3) is 0 Å². The molecule has 1 aliphatic heterocycles. The Hall–Kier alpha value is -0.870. The Morgan fingerprint density at radius 2 is 2.10 bits per heavy atom. The molecular weight excluding hydrogens is 270 g/mol. The van der Waals surface area contributed by atoms with E-state index in [9.17, 15) is 9.90 Å². The molecule has 1 fully saturated rings. The van der Waals surface area contributed by atoms with Crippen molar-refractivity contribution in [2.24, 2.45) is 11.3 Å². The molecule has 1 aliphatic rings. The number of hydrogen-bond acceptors (Lipinski definition) is 3. The molecule has 0 saturated carbocycles. The van der Waals surface area contributed by atoms with Gasteiger partial charge in [-0.3, -0.25) is 9.69 Å². The molecule has 1 unspecified atom stereocenters. The lowest BCUT2D eigenvalue weighted by Crippen LogP contribution is -2.46. The molecular formula is C16H25NO2S. The first-order valence-corrected chi connectivity index (χ1v) is 8.39. The smallest absolute Gasteiger partial charge is 0.309 e. The van der Waals surface area contributed by atoms with Crippen molar-refractivity contribution in [3.05, 3.63) is 22.4 Å². The topological polar surface area (TPSA) is 40.5 Å². The standard InChI is InChI=1S/C16H25NO2S/c1-4-16(15(18)19)7-9-17(10-8-16)14(12(2)3)13-6-5-11-20-13/h5-6,11-12,14H,4,7-10H2,1-3H3,(H,18,19). The largest absolute Gasteiger partial charge is 0.481 e. The third kappa shape index (κ3) is 2.91. The van der Waals surface area contributed by atoms with E-state index in [0.717, 1.165) is 32.4 Å². The minimum atomic E-state index is -0.614. The van der Waals surface area contributed by atoms with Gasteiger partial charge in [0.05, 0.1) is 5.41 Å². The highest BCUT2D eigenvalue weighted by Crippen LogP contribution is 2.40. The zero-order valence-electron chi connectivity index (χ0n) is 12.6. The predicted molar refractivity (Wildman–Crippen MR) is 83.1 cm³/mol. The summed E-state index contributed by atoms with van der Waals surface area (Å²) < 4.78 is 0. The summed E-state index contributed by atoms with van der Waals surface area (Å²) in [5.74, 6) is -0.0653. The highest BCUT2D eigenvalue weighted by atomic mass is 32.1. The third-order valence-corrected chi connectivity index (χ3v) is 5.69. The molecule has 1 aromatic rings. The molecule has 0 radical (unpaired) electrons. The molecule has 0 aliphatic carbocycles. The van der Waals surface area contributed by atoms with Crippen molar-refractivity contribution >= 4 is 17.3 Å². The summed E-state index contributed by atoms with van der Waals surface area (Å²) in [4.78, 5) is 15.4. The summed E-state index contributed by atoms with van der Waals surface area (Å²) in [5, 5.41) is 11.6. The number of carboxylic acids is 1. The van der Waals surface area contributed by atoms with Crippen molar-refractivity contribution in [3.8, 4) is 0 Å². The Kier molecular flexibility index (Phi) is 4.86. The molecule has 4 heteroatoms. The fourth-order valence-corrected chi connectivity index (χ4v) is 4.37. The number of rotatable bonds is 5. The van der Waals surface area contributed by atoms with Gasteiger partial charge in [0, 0.05) is 10.9 Å². The zero-order valence-corrected chi connectivity index (χ0v) is 13.4. The van der Waals surface area contributed by atoms with Gasteiger partial charge in [0.1, 0.15) is 0 Å². The van der Waals surface area contributed by atoms with Gasteiger partial charge in [-0.2, -0.15) is 0 Å². The van der Waals surface area contributed by atoms with Gasteiger partial charge in [-0.1, -0.05) is 26.8 Å². The van der Waals surface area contributed by atoms with Crippen LogP contribution in [0.2, 0.25) is 0 Å². The van der Waals surface area contributed by atoms with E-state index in [1.165, 1.54) is 4.88 Å². The number of piperidine rings is 1. The van der Waals surface area contributed by atoms with Crippen LogP contribution in [0, 0.1) is 11.3 Å². The van der Waals surface area contributed by atoms with Crippen LogP contribution in [-0.2, 0) is 4.79 Å². The van der Waals surface area contributed by atoms with Crippen LogP contribution < -0.4 is 0 Å². The molecule has 1 saturated heterocycles. The molecule has 112 valence electrons. The minimum absolute atomic E-state index is 0.429. The summed E-state index contributed by atoms with van der Waals surface area (Å²) in [7, 11) is 0. The van der Waals surface area contributed by atoms with E-state index in [-0.39, 0.29) is 0 Å². The van der Waals surface area contributed by atoms with Crippen LogP contribution in [0.3, 0.4) is 0 Å². The Labute approximate surface area is 125 Å². The molecule has 0 aromatic carbocycles. The van der Waals surface area contributed by atoms with Crippen molar-refractivity contribution < 1.29 is 9.90 Å². The maximum absolute atomic E-state index is 11.5. The van der Waals surface area contributed by atoms with Crippen LogP contribution in [0.1, 0.15) is 51.0 Å². The second-order valence-electron chi connectivity index (χ2n) is 6.18. The second-order valence-corrected chi connectivity index (χ2v) is 7.16. The predicted octanol–water partition coefficient (Wildman–Crippen LogP) is 4.02. The first kappa shape index (κ1) is 15.5. The maximum atomic E-state index is 11.5. The summed E-state index contributed by atoms with van der Waals surface area (Å²) in [5.41, 5.74) is -0.493. The number of aliphatic carboxylic acids is 1. The van der Waals surface area contributed by atoms with E-state index in [0.29, 0.717) is 12.0 Å². The fraction of sp³-hybridized carbons (Fsp3) is 0.688. The summed E-state index contributed by atoms with van der Waals surface area (Å²) in [6.07, 6.45) is 2.28. The third-order valence-electron chi connectivity index (χ3n) is 4.75. The summed E-state index contributed by atoms with van der Waals surface area (Å²) >= 11 is 1.81. The van der Waals surface area contributed by atoms with E-state index in [1.54, 1.807) is 11.3 Å². The minimum Gasteiger partial charge on any atom is -0.481 e. The Morgan fingerprint density at radius 1 is 1.45 bits per heavy atom. The normalized spacial score (nSPS) is 21.0. The van der Waals surface area contributed by atoms with Gasteiger partial charge in [0.2, 0.25) is 0 Å². The van der Waals surface area contributed by atoms with Crippen molar-refractivity contribution in [1.29, 1.82) is 0 Å². The van der Waals surface area contributed by atoms with Crippen LogP contribution in [0.15, 0.2) is 17.5 Å². The number of thiophene rings is 1. The fourth-order valence-electron chi connectivity index (χ4n) is 3.34. The maximum Gasteiger partial charge on any atom is 0.309 e. The van der Waals surface area contributed by atoms with Crippen LogP contribution in [-0.4, -0.2) is 29.1 Å². The van der Waals surface area contributed by atoms with Crippen molar-refractivity contribution in [3.63, 3.8) is 0 Å². The Balaban J connectivity index is 2.10. The molecule has 3 nitrogen and oxygen atoms in total. The van der Waals surface area contributed by atoms with Gasteiger partial charge >= 0.3 is 5.97 Å². The van der Waals surface area contributed by atoms with Gasteiger partial charge in [0.15, 0.2) is 0 Å². The van der Waals surface area contributed by atoms with E-state index in [1.807, 2.05) is 6.92 Å². The average Bonchev–Trinajstić information content (AvgIpc) is 2.93. The molecule has 1 atom stereocenters. The van der Waals surface area contributed by atoms with Gasteiger partial charge < -0.3 is 5.11 Å². The highest BCUT2D eigenvalue weighted by molar-refractivity contribution is 7.10. The Morgan fingerprint density at radius 3 is 2.50 bits per heavy atom. The van der Waals surface area contributed by atoms with Gasteiger partial charge in [0.25, 0.3) is 0 Å². The first-order chi connectivity index (χ1) is 9.50. The molecule has 2 rings (SSSR count). The average molecular weight is 295 g/mol. The van der Waals surface area contributed by atoms with Gasteiger partial charge in [-0.05, 0) is 49.7 Å². The van der Waals surface area contributed by atoms with Gasteiger partial charge in [-0.15, -0.1) is 11.3 Å². The van der Waals surface area contributed by atoms with Crippen LogP contribution >= 0.6 is 11.3 Å². The molecule has 1 N–H and O–H groups in total. The number of carboxylic acid groups (broad SMARTS) is 1. The summed E-state index contributed by atoms with van der Waals surface area (Å²) in [6.45, 7) is 8.29. The van der Waals surface area contributed by atoms with Crippen LogP contribution in [0.5, 0.6) is 0 Å². The highest BCUT2D eigenvalue weighted by Gasteiger charge is 2.41. The van der Waals surface area contributed by atoms with Crippen molar-refractivity contribution in [2.45, 2.75) is 46.1 Å². The van der Waals surface area contributed by atoms with Crippen molar-refractivity contribution in [2.75, 3.05) is 13.1 Å². The molecule has 1 aromatic heterocycles. The lowest BCUT2D eigenvalue weighted by Gasteiger charge is -2.43. The second kappa shape index (κ2) is 6.27. The first-order valence-electron chi connectivity index (χ1n) is 7.51. The lowest BCUT2D eigenvalue weighted by molar-refractivity contribution is -0.152. The SMILES string of the molecule is CCC1(C(=O)O)CCN(C(c2cccs2)C(C)C)CC1. The molecule has 0 spiro atoms. The monoisotopic (exact) mass is 295 g/mol. The number of likely N-dealkylation sites (tertiary alicyclic amines) is 1. The molecule has 20 heavy (non-hydrogen) atoms. The quantitative estimate of drug-likeness (QED) is 0.892. The zero-order chi connectivity index (χ0) is 14.8. The summed E-state index contributed by atoms with van der Waals surface area (Å²) in [6, 6.07) is 4.74. The Bertz CT molecular complexity index is 433. The number of nitrogens with zero attached hydrogens (tertiary/aromatic N) is 1. The van der Waals surface area contributed by atoms with Crippen LogP contribution in [0.4, 0.5) is 0 Å². The van der Waals surface area contributed by atoms with E-state index in [4.69, 9.17) is 0 Å². The number of carbonyl (C=O) groups is 1. The van der Waals surface area contributed by atoms with Gasteiger partial charge in [-0.25, -0.2) is 0 Å². The molecule has 0 bridgehead atoms. The van der Waals surface area contributed by atoms with E-state index >= 15 is 0 Å². The molecule has 2 heterocycles. The number of hydrogen-bond donors (Lipinski definition) is 1.